The minimum absolute atomic E-state index is 0.247. The maximum absolute atomic E-state index is 11.2. The highest BCUT2D eigenvalue weighted by atomic mass is 16.4. The van der Waals surface area contributed by atoms with Gasteiger partial charge in [-0.05, 0) is 77.2 Å². The molecule has 0 aliphatic carbocycles. The highest BCUT2D eigenvalue weighted by Crippen LogP contribution is 2.28. The lowest BCUT2D eigenvalue weighted by atomic mass is 9.96. The van der Waals surface area contributed by atoms with Crippen molar-refractivity contribution in [1.29, 1.82) is 0 Å². The van der Waals surface area contributed by atoms with Gasteiger partial charge in [-0.1, -0.05) is 42.5 Å². The van der Waals surface area contributed by atoms with E-state index in [0.29, 0.717) is 0 Å². The summed E-state index contributed by atoms with van der Waals surface area (Å²) in [6.07, 6.45) is 3.23. The summed E-state index contributed by atoms with van der Waals surface area (Å²) in [5, 5.41) is 20.5. The third-order valence-electron chi connectivity index (χ3n) is 4.67. The Morgan fingerprint density at radius 1 is 0.821 bits per heavy atom. The lowest BCUT2D eigenvalue weighted by Gasteiger charge is -2.08. The molecule has 0 saturated heterocycles. The van der Waals surface area contributed by atoms with Gasteiger partial charge in [0.05, 0.1) is 11.1 Å². The molecule has 3 aromatic carbocycles. The van der Waals surface area contributed by atoms with Crippen molar-refractivity contribution in [2.45, 2.75) is 13.8 Å². The van der Waals surface area contributed by atoms with Crippen molar-refractivity contribution in [3.63, 3.8) is 0 Å². The molecule has 4 heteroatoms. The molecule has 0 unspecified atom stereocenters. The highest BCUT2D eigenvalue weighted by Gasteiger charge is 2.07. The number of rotatable bonds is 5. The second-order valence-corrected chi connectivity index (χ2v) is 6.54. The molecule has 0 heterocycles. The zero-order valence-corrected chi connectivity index (χ0v) is 15.6. The van der Waals surface area contributed by atoms with Crippen molar-refractivity contribution < 1.29 is 19.8 Å². The third kappa shape index (κ3) is 4.01. The molecule has 0 amide bonds. The van der Waals surface area contributed by atoms with Gasteiger partial charge in [0.15, 0.2) is 0 Å². The van der Waals surface area contributed by atoms with Crippen LogP contribution in [0.1, 0.15) is 29.8 Å². The predicted octanol–water partition coefficient (Wildman–Crippen LogP) is 5.64. The average molecular weight is 372 g/mol. The zero-order chi connectivity index (χ0) is 20.3. The van der Waals surface area contributed by atoms with Crippen LogP contribution in [-0.2, 0) is 4.79 Å². The molecule has 0 atom stereocenters. The van der Waals surface area contributed by atoms with Gasteiger partial charge in [-0.15, -0.1) is 0 Å². The Morgan fingerprint density at radius 2 is 1.54 bits per heavy atom. The first-order valence-corrected chi connectivity index (χ1v) is 8.85. The average Bonchev–Trinajstić information content (AvgIpc) is 2.70. The lowest BCUT2D eigenvalue weighted by molar-refractivity contribution is -0.132. The molecule has 0 spiro atoms. The first kappa shape index (κ1) is 19.1. The van der Waals surface area contributed by atoms with Gasteiger partial charge in [0.2, 0.25) is 0 Å². The molecular weight excluding hydrogens is 352 g/mol. The minimum atomic E-state index is -0.955. The molecule has 2 N–H and O–H groups in total. The summed E-state index contributed by atoms with van der Waals surface area (Å²) in [6, 6.07) is 18.8. The van der Waals surface area contributed by atoms with Gasteiger partial charge in [0.1, 0.15) is 0 Å². The van der Waals surface area contributed by atoms with Crippen molar-refractivity contribution in [1.82, 2.24) is 0 Å². The van der Waals surface area contributed by atoms with E-state index >= 15 is 0 Å². The Morgan fingerprint density at radius 3 is 2.21 bits per heavy atom. The van der Waals surface area contributed by atoms with Crippen molar-refractivity contribution >= 4 is 28.3 Å². The molecule has 0 aromatic heterocycles. The summed E-state index contributed by atoms with van der Waals surface area (Å²) < 4.78 is 0. The molecule has 140 valence electrons. The summed E-state index contributed by atoms with van der Waals surface area (Å²) in [5.41, 5.74) is 4.05. The molecule has 0 saturated carbocycles. The normalized spacial score (nSPS) is 12.2. The van der Waals surface area contributed by atoms with Crippen LogP contribution < -0.4 is 0 Å². The first-order chi connectivity index (χ1) is 13.4. The van der Waals surface area contributed by atoms with Crippen LogP contribution in [0.3, 0.4) is 0 Å². The molecule has 3 aromatic rings. The van der Waals surface area contributed by atoms with E-state index in [1.165, 1.54) is 0 Å². The van der Waals surface area contributed by atoms with E-state index in [0.717, 1.165) is 33.0 Å². The Balaban J connectivity index is 2.05. The Kier molecular flexibility index (Phi) is 5.41. The number of allylic oxidation sites excluding steroid dienone is 2. The maximum atomic E-state index is 11.2. The predicted molar refractivity (Wildman–Crippen MR) is 111 cm³/mol. The maximum Gasteiger partial charge on any atom is 0.335 e. The quantitative estimate of drug-likeness (QED) is 0.449. The number of carboxylic acids is 2. The summed E-state index contributed by atoms with van der Waals surface area (Å²) >= 11 is 0. The zero-order valence-electron chi connectivity index (χ0n) is 15.6. The van der Waals surface area contributed by atoms with E-state index in [2.05, 4.69) is 0 Å². The van der Waals surface area contributed by atoms with Crippen LogP contribution in [0.5, 0.6) is 0 Å². The summed E-state index contributed by atoms with van der Waals surface area (Å²) in [4.78, 5) is 22.5. The number of carbonyl (C=O) groups is 2. The van der Waals surface area contributed by atoms with E-state index < -0.39 is 11.9 Å². The van der Waals surface area contributed by atoms with Crippen molar-refractivity contribution in [3.8, 4) is 11.1 Å². The van der Waals surface area contributed by atoms with Crippen LogP contribution in [0.25, 0.3) is 27.5 Å². The topological polar surface area (TPSA) is 74.6 Å². The van der Waals surface area contributed by atoms with Gasteiger partial charge in [0, 0.05) is 0 Å². The van der Waals surface area contributed by atoms with Gasteiger partial charge in [-0.25, -0.2) is 9.59 Å². The van der Waals surface area contributed by atoms with Gasteiger partial charge < -0.3 is 10.2 Å². The fourth-order valence-corrected chi connectivity index (χ4v) is 3.09. The summed E-state index contributed by atoms with van der Waals surface area (Å²) in [7, 11) is 0. The van der Waals surface area contributed by atoms with E-state index in [1.54, 1.807) is 37.3 Å². The molecule has 0 fully saturated rings. The Labute approximate surface area is 163 Å². The minimum Gasteiger partial charge on any atom is -0.478 e. The smallest absolute Gasteiger partial charge is 0.335 e. The van der Waals surface area contributed by atoms with Crippen LogP contribution in [0, 0.1) is 0 Å². The number of hydrogen-bond acceptors (Lipinski definition) is 2. The number of hydrogen-bond donors (Lipinski definition) is 2. The van der Waals surface area contributed by atoms with Crippen LogP contribution >= 0.6 is 0 Å². The standard InChI is InChI=1S/C24H20O4/c1-3-16(23(25)26)11-15(2)18-9-7-17-8-10-20(14-22(17)12-18)19-5-4-6-21(13-19)24(27)28/h3-14H,1-2H3,(H,25,26)(H,27,28)/b15-11+,16-3+. The number of benzene rings is 3. The van der Waals surface area contributed by atoms with E-state index in [1.807, 2.05) is 49.4 Å². The highest BCUT2D eigenvalue weighted by molar-refractivity contribution is 5.94. The molecule has 0 aliphatic rings. The molecule has 0 radical (unpaired) electrons. The molecule has 28 heavy (non-hydrogen) atoms. The van der Waals surface area contributed by atoms with Crippen LogP contribution in [0.4, 0.5) is 0 Å². The number of carboxylic acid groups (broad SMARTS) is 2. The van der Waals surface area contributed by atoms with Crippen LogP contribution in [0.15, 0.2) is 78.4 Å². The molecular formula is C24H20O4. The van der Waals surface area contributed by atoms with E-state index in [9.17, 15) is 19.8 Å². The fraction of sp³-hybridized carbons (Fsp3) is 0.0833. The SMILES string of the molecule is C/C=C(\C=C(/C)c1ccc2ccc(-c3cccc(C(=O)O)c3)cc2c1)C(=O)O. The van der Waals surface area contributed by atoms with Crippen LogP contribution in [0.2, 0.25) is 0 Å². The van der Waals surface area contributed by atoms with Gasteiger partial charge in [-0.2, -0.15) is 0 Å². The molecule has 0 bridgehead atoms. The van der Waals surface area contributed by atoms with Gasteiger partial charge in [0.25, 0.3) is 0 Å². The molecule has 0 aliphatic heterocycles. The Hall–Kier alpha value is -3.66. The monoisotopic (exact) mass is 372 g/mol. The number of fused-ring (bicyclic) bond motifs is 1. The third-order valence-corrected chi connectivity index (χ3v) is 4.67. The second kappa shape index (κ2) is 7.92. The van der Waals surface area contributed by atoms with Gasteiger partial charge in [-0.3, -0.25) is 0 Å². The van der Waals surface area contributed by atoms with Crippen LogP contribution in [-0.4, -0.2) is 22.2 Å². The Bertz CT molecular complexity index is 1140. The van der Waals surface area contributed by atoms with Gasteiger partial charge >= 0.3 is 11.9 Å². The van der Waals surface area contributed by atoms with Crippen molar-refractivity contribution in [2.75, 3.05) is 0 Å². The van der Waals surface area contributed by atoms with Crippen molar-refractivity contribution in [3.05, 3.63) is 89.5 Å². The second-order valence-electron chi connectivity index (χ2n) is 6.54. The molecule has 3 rings (SSSR count). The van der Waals surface area contributed by atoms with E-state index in [-0.39, 0.29) is 11.1 Å². The fourth-order valence-electron chi connectivity index (χ4n) is 3.09. The summed E-state index contributed by atoms with van der Waals surface area (Å²) in [5.74, 6) is -1.91. The first-order valence-electron chi connectivity index (χ1n) is 8.85. The van der Waals surface area contributed by atoms with Crippen molar-refractivity contribution in [2.24, 2.45) is 0 Å². The lowest BCUT2D eigenvalue weighted by Crippen LogP contribution is -1.97. The molecule has 4 nitrogen and oxygen atoms in total. The number of aromatic carboxylic acids is 1. The number of aliphatic carboxylic acids is 1. The summed E-state index contributed by atoms with van der Waals surface area (Å²) in [6.45, 7) is 3.58. The van der Waals surface area contributed by atoms with E-state index in [4.69, 9.17) is 0 Å². The largest absolute Gasteiger partial charge is 0.478 e.